The van der Waals surface area contributed by atoms with Gasteiger partial charge in [-0.3, -0.25) is 14.9 Å². The second-order valence-corrected chi connectivity index (χ2v) is 7.24. The van der Waals surface area contributed by atoms with Gasteiger partial charge in [0.25, 0.3) is 11.7 Å². The molecule has 0 radical (unpaired) electrons. The number of imide groups is 1. The van der Waals surface area contributed by atoms with Gasteiger partial charge in [-0.15, -0.1) is 11.3 Å². The first-order chi connectivity index (χ1) is 13.9. The molecule has 2 N–H and O–H groups in total. The average molecular weight is 416 g/mol. The maximum Gasteiger partial charge on any atom is 0.321 e. The number of fused-ring (bicyclic) bond motifs is 1. The molecule has 29 heavy (non-hydrogen) atoms. The molecule has 0 unspecified atom stereocenters. The number of carbonyl (C=O) groups is 3. The number of amides is 3. The van der Waals surface area contributed by atoms with Crippen LogP contribution in [0.25, 0.3) is 5.78 Å². The van der Waals surface area contributed by atoms with Gasteiger partial charge in [-0.25, -0.2) is 14.3 Å². The molecule has 3 rings (SSSR count). The minimum absolute atomic E-state index is 0.0709. The summed E-state index contributed by atoms with van der Waals surface area (Å²) >= 11 is 1.49. The van der Waals surface area contributed by atoms with Crippen molar-refractivity contribution in [2.75, 3.05) is 6.61 Å². The summed E-state index contributed by atoms with van der Waals surface area (Å²) in [6.07, 6.45) is 1.88. The number of esters is 1. The molecule has 11 heteroatoms. The minimum Gasteiger partial charge on any atom is -0.456 e. The monoisotopic (exact) mass is 416 g/mol. The molecule has 152 valence electrons. The summed E-state index contributed by atoms with van der Waals surface area (Å²) in [4.78, 5) is 44.7. The predicted octanol–water partition coefficient (Wildman–Crippen LogP) is 1.30. The van der Waals surface area contributed by atoms with Gasteiger partial charge in [0, 0.05) is 22.7 Å². The molecule has 3 heterocycles. The van der Waals surface area contributed by atoms with E-state index in [1.165, 1.54) is 17.7 Å². The Kier molecular flexibility index (Phi) is 6.50. The highest BCUT2D eigenvalue weighted by atomic mass is 32.1. The fraction of sp³-hybridized carbons (Fsp3) is 0.333. The highest BCUT2D eigenvalue weighted by Crippen LogP contribution is 2.15. The molecule has 0 fully saturated rings. The highest BCUT2D eigenvalue weighted by molar-refractivity contribution is 7.09. The first kappa shape index (κ1) is 20.4. The van der Waals surface area contributed by atoms with Gasteiger partial charge in [0.1, 0.15) is 6.33 Å². The van der Waals surface area contributed by atoms with E-state index >= 15 is 0 Å². The summed E-state index contributed by atoms with van der Waals surface area (Å²) in [5.74, 6) is -0.739. The van der Waals surface area contributed by atoms with Crippen molar-refractivity contribution in [1.29, 1.82) is 0 Å². The van der Waals surface area contributed by atoms with Crippen molar-refractivity contribution in [2.45, 2.75) is 33.2 Å². The maximum absolute atomic E-state index is 12.0. The lowest BCUT2D eigenvalue weighted by atomic mass is 10.1. The van der Waals surface area contributed by atoms with Gasteiger partial charge in [-0.05, 0) is 37.3 Å². The van der Waals surface area contributed by atoms with E-state index in [1.54, 1.807) is 4.52 Å². The molecule has 0 aromatic carbocycles. The van der Waals surface area contributed by atoms with Crippen molar-refractivity contribution < 1.29 is 19.1 Å². The molecule has 0 spiro atoms. The van der Waals surface area contributed by atoms with E-state index < -0.39 is 24.5 Å². The Labute approximate surface area is 170 Å². The Morgan fingerprint density at radius 1 is 1.28 bits per heavy atom. The number of hydrogen-bond acceptors (Lipinski definition) is 8. The van der Waals surface area contributed by atoms with Crippen molar-refractivity contribution in [3.05, 3.63) is 45.7 Å². The third-order valence-electron chi connectivity index (χ3n) is 4.19. The molecule has 0 saturated carbocycles. The Hall–Kier alpha value is -3.34. The van der Waals surface area contributed by atoms with Crippen LogP contribution in [0.2, 0.25) is 0 Å². The molecular formula is C18H20N6O4S. The molecule has 0 aliphatic carbocycles. The van der Waals surface area contributed by atoms with Crippen LogP contribution in [0.5, 0.6) is 0 Å². The van der Waals surface area contributed by atoms with E-state index in [0.717, 1.165) is 21.8 Å². The third kappa shape index (κ3) is 5.35. The summed E-state index contributed by atoms with van der Waals surface area (Å²) in [5.41, 5.74) is 2.48. The van der Waals surface area contributed by atoms with Crippen LogP contribution in [0.1, 0.15) is 28.2 Å². The van der Waals surface area contributed by atoms with Crippen LogP contribution >= 0.6 is 11.3 Å². The lowest BCUT2D eigenvalue weighted by Crippen LogP contribution is -2.41. The van der Waals surface area contributed by atoms with Crippen molar-refractivity contribution in [3.63, 3.8) is 0 Å². The van der Waals surface area contributed by atoms with Crippen LogP contribution in [0.3, 0.4) is 0 Å². The number of carbonyl (C=O) groups excluding carboxylic acids is 3. The number of nitrogens with zero attached hydrogens (tertiary/aromatic N) is 4. The topological polar surface area (TPSA) is 128 Å². The van der Waals surface area contributed by atoms with Crippen LogP contribution in [-0.2, 0) is 27.3 Å². The zero-order chi connectivity index (χ0) is 20.8. The Morgan fingerprint density at radius 2 is 2.10 bits per heavy atom. The second-order valence-electron chi connectivity index (χ2n) is 6.20. The quantitative estimate of drug-likeness (QED) is 0.556. The van der Waals surface area contributed by atoms with Gasteiger partial charge < -0.3 is 10.1 Å². The van der Waals surface area contributed by atoms with Crippen LogP contribution < -0.4 is 10.6 Å². The highest BCUT2D eigenvalue weighted by Gasteiger charge is 2.15. The fourth-order valence-electron chi connectivity index (χ4n) is 2.75. The van der Waals surface area contributed by atoms with Gasteiger partial charge in [0.15, 0.2) is 6.61 Å². The summed E-state index contributed by atoms with van der Waals surface area (Å²) in [7, 11) is 0. The summed E-state index contributed by atoms with van der Waals surface area (Å²) in [5, 5.41) is 10.7. The first-order valence-corrected chi connectivity index (χ1v) is 9.73. The summed E-state index contributed by atoms with van der Waals surface area (Å²) in [6, 6.07) is 3.10. The van der Waals surface area contributed by atoms with E-state index in [-0.39, 0.29) is 6.42 Å². The maximum atomic E-state index is 12.0. The fourth-order valence-corrected chi connectivity index (χ4v) is 3.39. The number of thiophene rings is 1. The molecule has 0 aliphatic heterocycles. The van der Waals surface area contributed by atoms with Crippen molar-refractivity contribution in [3.8, 4) is 0 Å². The molecule has 3 amide bonds. The summed E-state index contributed by atoms with van der Waals surface area (Å²) < 4.78 is 6.55. The van der Waals surface area contributed by atoms with Gasteiger partial charge in [0.2, 0.25) is 0 Å². The van der Waals surface area contributed by atoms with Crippen molar-refractivity contribution >= 4 is 35.0 Å². The third-order valence-corrected chi connectivity index (χ3v) is 5.06. The molecule has 0 aliphatic rings. The number of ether oxygens (including phenoxy) is 1. The average Bonchev–Trinajstić information content (AvgIpc) is 3.36. The van der Waals surface area contributed by atoms with E-state index in [2.05, 4.69) is 25.7 Å². The molecule has 3 aromatic heterocycles. The zero-order valence-corrected chi connectivity index (χ0v) is 16.8. The van der Waals surface area contributed by atoms with Crippen molar-refractivity contribution in [1.82, 2.24) is 30.2 Å². The van der Waals surface area contributed by atoms with Gasteiger partial charge in [0.05, 0.1) is 6.54 Å². The lowest BCUT2D eigenvalue weighted by Gasteiger charge is -2.10. The van der Waals surface area contributed by atoms with E-state index in [1.807, 2.05) is 31.4 Å². The van der Waals surface area contributed by atoms with E-state index in [0.29, 0.717) is 18.7 Å². The summed E-state index contributed by atoms with van der Waals surface area (Å²) in [6.45, 7) is 3.51. The number of aromatic nitrogens is 4. The SMILES string of the molecule is Cc1nc2ncnn2c(C)c1CCC(=O)OCC(=O)NC(=O)NCc1cccs1. The second kappa shape index (κ2) is 9.24. The number of hydrogen-bond donors (Lipinski definition) is 2. The van der Waals surface area contributed by atoms with Crippen LogP contribution in [-0.4, -0.2) is 44.1 Å². The molecule has 10 nitrogen and oxygen atoms in total. The van der Waals surface area contributed by atoms with Gasteiger partial charge in [-0.2, -0.15) is 10.1 Å². The van der Waals surface area contributed by atoms with E-state index in [4.69, 9.17) is 4.74 Å². The number of aryl methyl sites for hydroxylation is 2. The normalized spacial score (nSPS) is 10.7. The predicted molar refractivity (Wildman–Crippen MR) is 104 cm³/mol. The van der Waals surface area contributed by atoms with Gasteiger partial charge >= 0.3 is 12.0 Å². The molecule has 0 bridgehead atoms. The van der Waals surface area contributed by atoms with Crippen LogP contribution in [0.4, 0.5) is 4.79 Å². The Morgan fingerprint density at radius 3 is 2.86 bits per heavy atom. The minimum atomic E-state index is -0.694. The van der Waals surface area contributed by atoms with Crippen LogP contribution in [0.15, 0.2) is 23.8 Å². The largest absolute Gasteiger partial charge is 0.456 e. The van der Waals surface area contributed by atoms with Gasteiger partial charge in [-0.1, -0.05) is 6.07 Å². The number of urea groups is 1. The first-order valence-electron chi connectivity index (χ1n) is 8.85. The molecule has 0 atom stereocenters. The number of nitrogens with one attached hydrogen (secondary N) is 2. The Balaban J connectivity index is 1.41. The molecule has 0 saturated heterocycles. The standard InChI is InChI=1S/C18H20N6O4S/c1-11-14(12(2)24-17(22-11)20-10-21-24)5-6-16(26)28-9-15(25)23-18(27)19-8-13-4-3-7-29-13/h3-4,7,10H,5-6,8-9H2,1-2H3,(H2,19,23,25,27). The van der Waals surface area contributed by atoms with Crippen molar-refractivity contribution in [2.24, 2.45) is 0 Å². The Bertz CT molecular complexity index is 1030. The lowest BCUT2D eigenvalue weighted by molar-refractivity contribution is -0.148. The number of rotatable bonds is 7. The molecule has 3 aromatic rings. The smallest absolute Gasteiger partial charge is 0.321 e. The van der Waals surface area contributed by atoms with Crippen LogP contribution in [0, 0.1) is 13.8 Å². The molecular weight excluding hydrogens is 396 g/mol. The zero-order valence-electron chi connectivity index (χ0n) is 16.0. The van der Waals surface area contributed by atoms with E-state index in [9.17, 15) is 14.4 Å².